The van der Waals surface area contributed by atoms with Gasteiger partial charge in [-0.15, -0.1) is 0 Å². The lowest BCUT2D eigenvalue weighted by Crippen LogP contribution is -2.67. The summed E-state index contributed by atoms with van der Waals surface area (Å²) < 4.78 is 12.3. The minimum atomic E-state index is -2.76. The van der Waals surface area contributed by atoms with Crippen LogP contribution >= 0.6 is 23.2 Å². The van der Waals surface area contributed by atoms with Gasteiger partial charge in [0.2, 0.25) is 5.28 Å². The predicted octanol–water partition coefficient (Wildman–Crippen LogP) is 6.47. The SMILES string of the molecule is COc1ccc(N(Cc2cnc(Cl)nc2Cl)C(=O)N[C@@H](C)CO[Si](c2ccccc2)(c2ccccc2)C(C)(C)C)cc1. The molecule has 4 aromatic rings. The number of benzene rings is 3. The number of methoxy groups -OCH3 is 1. The Morgan fingerprint density at radius 3 is 2.02 bits per heavy atom. The fourth-order valence-electron chi connectivity index (χ4n) is 5.03. The van der Waals surface area contributed by atoms with Crippen molar-refractivity contribution in [3.8, 4) is 5.75 Å². The van der Waals surface area contributed by atoms with Gasteiger partial charge in [0, 0.05) is 23.5 Å². The van der Waals surface area contributed by atoms with Crippen LogP contribution in [0.25, 0.3) is 0 Å². The van der Waals surface area contributed by atoms with Gasteiger partial charge in [-0.1, -0.05) is 93.0 Å². The largest absolute Gasteiger partial charge is 0.497 e. The fraction of sp³-hybridized carbons (Fsp3) is 0.281. The van der Waals surface area contributed by atoms with Crippen molar-refractivity contribution in [2.24, 2.45) is 0 Å². The average molecular weight is 624 g/mol. The minimum Gasteiger partial charge on any atom is -0.497 e. The van der Waals surface area contributed by atoms with E-state index >= 15 is 0 Å². The summed E-state index contributed by atoms with van der Waals surface area (Å²) in [6.07, 6.45) is 1.52. The monoisotopic (exact) mass is 622 g/mol. The predicted molar refractivity (Wildman–Crippen MR) is 173 cm³/mol. The highest BCUT2D eigenvalue weighted by Gasteiger charge is 2.50. The summed E-state index contributed by atoms with van der Waals surface area (Å²) >= 11 is 12.3. The van der Waals surface area contributed by atoms with E-state index in [4.69, 9.17) is 32.4 Å². The third kappa shape index (κ3) is 7.13. The summed E-state index contributed by atoms with van der Waals surface area (Å²) in [6, 6.07) is 27.4. The Morgan fingerprint density at radius 1 is 0.952 bits per heavy atom. The van der Waals surface area contributed by atoms with Gasteiger partial charge >= 0.3 is 6.03 Å². The Morgan fingerprint density at radius 2 is 1.52 bits per heavy atom. The molecule has 2 amide bonds. The van der Waals surface area contributed by atoms with Gasteiger partial charge in [0.05, 0.1) is 20.3 Å². The molecule has 7 nitrogen and oxygen atoms in total. The number of carbonyl (C=O) groups excluding carboxylic acids is 1. The molecule has 1 N–H and O–H groups in total. The quantitative estimate of drug-likeness (QED) is 0.125. The molecule has 220 valence electrons. The number of rotatable bonds is 10. The first-order chi connectivity index (χ1) is 20.0. The summed E-state index contributed by atoms with van der Waals surface area (Å²) in [6.45, 7) is 9.08. The molecule has 0 aliphatic rings. The molecule has 0 aliphatic carbocycles. The van der Waals surface area contributed by atoms with Crippen LogP contribution in [-0.2, 0) is 11.0 Å². The second-order valence-electron chi connectivity index (χ2n) is 11.1. The summed E-state index contributed by atoms with van der Waals surface area (Å²) in [5, 5.41) is 5.53. The Kier molecular flexibility index (Phi) is 10.3. The Hall–Kier alpha value is -3.43. The zero-order valence-corrected chi connectivity index (χ0v) is 27.0. The van der Waals surface area contributed by atoms with E-state index in [0.29, 0.717) is 23.6 Å². The van der Waals surface area contributed by atoms with Crippen LogP contribution in [0.4, 0.5) is 10.5 Å². The molecular formula is C32H36Cl2N4O3Si. The standard InChI is InChI=1S/C32H36Cl2N4O3Si/c1-23(22-41-42(32(2,3)4,27-12-8-6-9-13-27)28-14-10-7-11-15-28)36-31(39)38(25-16-18-26(40-5)19-17-25)21-24-20-35-30(34)37-29(24)33/h6-20,23H,21-22H2,1-5H3,(H,36,39)/t23-/m0/s1. The summed E-state index contributed by atoms with van der Waals surface area (Å²) in [4.78, 5) is 23.4. The third-order valence-corrected chi connectivity index (χ3v) is 12.6. The van der Waals surface area contributed by atoms with Crippen LogP contribution in [0.1, 0.15) is 33.3 Å². The average Bonchev–Trinajstić information content (AvgIpc) is 2.97. The number of nitrogens with one attached hydrogen (secondary N) is 1. The maximum Gasteiger partial charge on any atom is 0.322 e. The lowest BCUT2D eigenvalue weighted by Gasteiger charge is -2.43. The molecule has 0 saturated heterocycles. The molecule has 0 radical (unpaired) electrons. The second-order valence-corrected chi connectivity index (χ2v) is 16.1. The van der Waals surface area contributed by atoms with E-state index in [1.54, 1.807) is 24.1 Å². The van der Waals surface area contributed by atoms with E-state index in [0.717, 1.165) is 0 Å². The molecule has 0 saturated carbocycles. The van der Waals surface area contributed by atoms with Gasteiger partial charge in [-0.2, -0.15) is 0 Å². The molecule has 42 heavy (non-hydrogen) atoms. The van der Waals surface area contributed by atoms with E-state index in [9.17, 15) is 4.79 Å². The first-order valence-electron chi connectivity index (χ1n) is 13.7. The van der Waals surface area contributed by atoms with Crippen LogP contribution < -0.4 is 25.3 Å². The van der Waals surface area contributed by atoms with Crippen molar-refractivity contribution < 1.29 is 14.0 Å². The Bertz CT molecular complexity index is 1430. The first kappa shape index (κ1) is 31.5. The van der Waals surface area contributed by atoms with Crippen LogP contribution in [0.5, 0.6) is 5.75 Å². The van der Waals surface area contributed by atoms with Crippen LogP contribution in [0.2, 0.25) is 15.5 Å². The molecule has 10 heteroatoms. The number of hydrogen-bond acceptors (Lipinski definition) is 5. The molecule has 4 rings (SSSR count). The van der Waals surface area contributed by atoms with Gasteiger partial charge in [-0.05, 0) is 58.2 Å². The lowest BCUT2D eigenvalue weighted by molar-refractivity contribution is 0.227. The maximum atomic E-state index is 13.8. The van der Waals surface area contributed by atoms with E-state index < -0.39 is 8.32 Å². The maximum absolute atomic E-state index is 13.8. The number of ether oxygens (including phenoxy) is 1. The van der Waals surface area contributed by atoms with Crippen molar-refractivity contribution in [2.75, 3.05) is 18.6 Å². The Labute approximate surface area is 259 Å². The smallest absolute Gasteiger partial charge is 0.322 e. The number of aromatic nitrogens is 2. The van der Waals surface area contributed by atoms with Crippen molar-refractivity contribution >= 4 is 53.6 Å². The second kappa shape index (κ2) is 13.7. The summed E-state index contributed by atoms with van der Waals surface area (Å²) in [7, 11) is -1.17. The normalized spacial score (nSPS) is 12.5. The molecule has 3 aromatic carbocycles. The molecule has 1 heterocycles. The van der Waals surface area contributed by atoms with Crippen LogP contribution in [0, 0.1) is 0 Å². The number of amides is 2. The van der Waals surface area contributed by atoms with Crippen LogP contribution in [0.15, 0.2) is 91.1 Å². The summed E-state index contributed by atoms with van der Waals surface area (Å²) in [5.74, 6) is 0.680. The zero-order chi connectivity index (χ0) is 30.3. The van der Waals surface area contributed by atoms with Crippen molar-refractivity contribution in [2.45, 2.75) is 45.3 Å². The van der Waals surface area contributed by atoms with Crippen molar-refractivity contribution in [1.29, 1.82) is 0 Å². The highest BCUT2D eigenvalue weighted by molar-refractivity contribution is 6.99. The zero-order valence-electron chi connectivity index (χ0n) is 24.5. The highest BCUT2D eigenvalue weighted by Crippen LogP contribution is 2.36. The molecule has 0 bridgehead atoms. The van der Waals surface area contributed by atoms with E-state index in [1.807, 2.05) is 31.2 Å². The van der Waals surface area contributed by atoms with Crippen molar-refractivity contribution in [3.63, 3.8) is 0 Å². The first-order valence-corrected chi connectivity index (χ1v) is 16.4. The number of hydrogen-bond donors (Lipinski definition) is 1. The molecule has 0 unspecified atom stereocenters. The molecule has 1 aromatic heterocycles. The van der Waals surface area contributed by atoms with E-state index in [-0.39, 0.29) is 34.1 Å². The third-order valence-electron chi connectivity index (χ3n) is 7.08. The van der Waals surface area contributed by atoms with Gasteiger partial charge in [-0.3, -0.25) is 4.90 Å². The van der Waals surface area contributed by atoms with Crippen LogP contribution in [-0.4, -0.2) is 44.1 Å². The number of halogens is 2. The van der Waals surface area contributed by atoms with Crippen LogP contribution in [0.3, 0.4) is 0 Å². The number of carbonyl (C=O) groups is 1. The van der Waals surface area contributed by atoms with Gasteiger partial charge < -0.3 is 14.5 Å². The van der Waals surface area contributed by atoms with Crippen molar-refractivity contribution in [3.05, 3.63) is 107 Å². The number of anilines is 1. The van der Waals surface area contributed by atoms with Crippen molar-refractivity contribution in [1.82, 2.24) is 15.3 Å². The molecule has 1 atom stereocenters. The Balaban J connectivity index is 1.60. The summed E-state index contributed by atoms with van der Waals surface area (Å²) in [5.41, 5.74) is 1.21. The molecule has 0 fully saturated rings. The van der Waals surface area contributed by atoms with E-state index in [1.165, 1.54) is 16.6 Å². The van der Waals surface area contributed by atoms with Gasteiger partial charge in [0.1, 0.15) is 10.9 Å². The fourth-order valence-corrected chi connectivity index (χ4v) is 10.0. The number of urea groups is 1. The molecular weight excluding hydrogens is 587 g/mol. The van der Waals surface area contributed by atoms with Gasteiger partial charge in [-0.25, -0.2) is 14.8 Å². The van der Waals surface area contributed by atoms with Gasteiger partial charge in [0.25, 0.3) is 8.32 Å². The highest BCUT2D eigenvalue weighted by atomic mass is 35.5. The molecule has 0 spiro atoms. The lowest BCUT2D eigenvalue weighted by atomic mass is 10.2. The number of nitrogens with zero attached hydrogens (tertiary/aromatic N) is 3. The van der Waals surface area contributed by atoms with Gasteiger partial charge in [0.15, 0.2) is 0 Å². The molecule has 0 aliphatic heterocycles. The topological polar surface area (TPSA) is 76.6 Å². The minimum absolute atomic E-state index is 0.0401. The van der Waals surface area contributed by atoms with E-state index in [2.05, 4.69) is 84.6 Å².